The molecule has 2 N–H and O–H groups in total. The standard InChI is InChI=1S/C16H16N2O2/c1-19-13-6-7-14-15(9-13)20-16(18-14)8-11-4-2-3-5-12(11)10-17/h2-7,9H,8,10,17H2,1H3. The monoisotopic (exact) mass is 268 g/mol. The van der Waals surface area contributed by atoms with Gasteiger partial charge in [0.1, 0.15) is 11.3 Å². The van der Waals surface area contributed by atoms with Crippen LogP contribution in [0, 0.1) is 0 Å². The minimum Gasteiger partial charge on any atom is -0.497 e. The molecule has 3 rings (SSSR count). The van der Waals surface area contributed by atoms with Crippen molar-refractivity contribution in [1.29, 1.82) is 0 Å². The van der Waals surface area contributed by atoms with E-state index in [2.05, 4.69) is 11.1 Å². The average Bonchev–Trinajstić information content (AvgIpc) is 2.89. The fourth-order valence-electron chi connectivity index (χ4n) is 2.25. The molecule has 0 amide bonds. The van der Waals surface area contributed by atoms with Crippen LogP contribution in [0.5, 0.6) is 5.75 Å². The molecule has 0 radical (unpaired) electrons. The van der Waals surface area contributed by atoms with E-state index in [4.69, 9.17) is 14.9 Å². The molecule has 0 spiro atoms. The molecular weight excluding hydrogens is 252 g/mol. The molecular formula is C16H16N2O2. The molecule has 0 bridgehead atoms. The zero-order valence-electron chi connectivity index (χ0n) is 11.3. The van der Waals surface area contributed by atoms with Crippen LogP contribution in [0.4, 0.5) is 0 Å². The minimum absolute atomic E-state index is 0.518. The SMILES string of the molecule is COc1ccc2nc(Cc3ccccc3CN)oc2c1. The van der Waals surface area contributed by atoms with Gasteiger partial charge in [-0.15, -0.1) is 0 Å². The summed E-state index contributed by atoms with van der Waals surface area (Å²) in [6.45, 7) is 0.518. The summed E-state index contributed by atoms with van der Waals surface area (Å²) in [6, 6.07) is 13.7. The maximum absolute atomic E-state index is 5.78. The lowest BCUT2D eigenvalue weighted by atomic mass is 10.0. The van der Waals surface area contributed by atoms with Crippen molar-refractivity contribution in [2.24, 2.45) is 5.73 Å². The number of benzene rings is 2. The second-order valence-corrected chi connectivity index (χ2v) is 4.59. The first-order valence-electron chi connectivity index (χ1n) is 6.50. The summed E-state index contributed by atoms with van der Waals surface area (Å²) in [6.07, 6.45) is 0.643. The molecule has 0 fully saturated rings. The minimum atomic E-state index is 0.518. The van der Waals surface area contributed by atoms with Crippen LogP contribution in [0.15, 0.2) is 46.9 Å². The van der Waals surface area contributed by atoms with Crippen LogP contribution in [0.25, 0.3) is 11.1 Å². The summed E-state index contributed by atoms with van der Waals surface area (Å²) in [5.41, 5.74) is 9.59. The molecule has 1 heterocycles. The van der Waals surface area contributed by atoms with Gasteiger partial charge in [-0.3, -0.25) is 0 Å². The van der Waals surface area contributed by atoms with Gasteiger partial charge in [0.2, 0.25) is 0 Å². The first-order valence-corrected chi connectivity index (χ1v) is 6.50. The maximum atomic E-state index is 5.78. The van der Waals surface area contributed by atoms with Gasteiger partial charge in [0.25, 0.3) is 0 Å². The van der Waals surface area contributed by atoms with Crippen LogP contribution >= 0.6 is 0 Å². The Morgan fingerprint density at radius 3 is 2.70 bits per heavy atom. The quantitative estimate of drug-likeness (QED) is 0.790. The molecule has 20 heavy (non-hydrogen) atoms. The van der Waals surface area contributed by atoms with Gasteiger partial charge in [0.05, 0.1) is 7.11 Å². The van der Waals surface area contributed by atoms with Crippen molar-refractivity contribution >= 4 is 11.1 Å². The fraction of sp³-hybridized carbons (Fsp3) is 0.188. The van der Waals surface area contributed by atoms with Gasteiger partial charge in [0, 0.05) is 19.0 Å². The number of nitrogens with two attached hydrogens (primary N) is 1. The van der Waals surface area contributed by atoms with Crippen molar-refractivity contribution < 1.29 is 9.15 Å². The van der Waals surface area contributed by atoms with Crippen LogP contribution in [0.2, 0.25) is 0 Å². The van der Waals surface area contributed by atoms with Crippen molar-refractivity contribution in [2.45, 2.75) is 13.0 Å². The summed E-state index contributed by atoms with van der Waals surface area (Å²) in [5, 5.41) is 0. The number of ether oxygens (including phenoxy) is 1. The van der Waals surface area contributed by atoms with Gasteiger partial charge < -0.3 is 14.9 Å². The van der Waals surface area contributed by atoms with Crippen molar-refractivity contribution in [2.75, 3.05) is 7.11 Å². The molecule has 0 aliphatic rings. The van der Waals surface area contributed by atoms with Crippen molar-refractivity contribution in [1.82, 2.24) is 4.98 Å². The van der Waals surface area contributed by atoms with Crippen LogP contribution in [-0.4, -0.2) is 12.1 Å². The predicted octanol–water partition coefficient (Wildman–Crippen LogP) is 2.89. The highest BCUT2D eigenvalue weighted by Crippen LogP contribution is 2.23. The van der Waals surface area contributed by atoms with E-state index in [0.29, 0.717) is 18.9 Å². The average molecular weight is 268 g/mol. The summed E-state index contributed by atoms with van der Waals surface area (Å²) < 4.78 is 11.0. The largest absolute Gasteiger partial charge is 0.497 e. The second kappa shape index (κ2) is 5.35. The highest BCUT2D eigenvalue weighted by molar-refractivity contribution is 5.74. The molecule has 2 aromatic carbocycles. The Morgan fingerprint density at radius 1 is 1.15 bits per heavy atom. The first-order chi connectivity index (χ1) is 9.80. The Labute approximate surface area is 117 Å². The van der Waals surface area contributed by atoms with Crippen LogP contribution < -0.4 is 10.5 Å². The highest BCUT2D eigenvalue weighted by atomic mass is 16.5. The fourth-order valence-corrected chi connectivity index (χ4v) is 2.25. The Balaban J connectivity index is 1.94. The number of hydrogen-bond donors (Lipinski definition) is 1. The Bertz CT molecular complexity index is 734. The van der Waals surface area contributed by atoms with Crippen LogP contribution in [0.3, 0.4) is 0 Å². The molecule has 102 valence electrons. The molecule has 0 atom stereocenters. The number of rotatable bonds is 4. The zero-order valence-corrected chi connectivity index (χ0v) is 11.3. The molecule has 0 saturated heterocycles. The van der Waals surface area contributed by atoms with Crippen molar-refractivity contribution in [3.63, 3.8) is 0 Å². The molecule has 4 heteroatoms. The van der Waals surface area contributed by atoms with Crippen LogP contribution in [0.1, 0.15) is 17.0 Å². The number of aromatic nitrogens is 1. The summed E-state index contributed by atoms with van der Waals surface area (Å²) in [7, 11) is 1.63. The van der Waals surface area contributed by atoms with E-state index in [-0.39, 0.29) is 0 Å². The molecule has 0 unspecified atom stereocenters. The van der Waals surface area contributed by atoms with E-state index in [1.807, 2.05) is 36.4 Å². The van der Waals surface area contributed by atoms with Gasteiger partial charge in [-0.1, -0.05) is 24.3 Å². The van der Waals surface area contributed by atoms with Gasteiger partial charge in [-0.25, -0.2) is 4.98 Å². The van der Waals surface area contributed by atoms with Gasteiger partial charge in [0.15, 0.2) is 11.5 Å². The third-order valence-electron chi connectivity index (χ3n) is 3.32. The number of methoxy groups -OCH3 is 1. The second-order valence-electron chi connectivity index (χ2n) is 4.59. The number of fused-ring (bicyclic) bond motifs is 1. The normalized spacial score (nSPS) is 10.9. The van der Waals surface area contributed by atoms with Gasteiger partial charge >= 0.3 is 0 Å². The lowest BCUT2D eigenvalue weighted by Crippen LogP contribution is -2.01. The molecule has 1 aromatic heterocycles. The topological polar surface area (TPSA) is 61.3 Å². The number of hydrogen-bond acceptors (Lipinski definition) is 4. The Kier molecular flexibility index (Phi) is 3.39. The summed E-state index contributed by atoms with van der Waals surface area (Å²) >= 11 is 0. The number of oxazole rings is 1. The Hall–Kier alpha value is -2.33. The Morgan fingerprint density at radius 2 is 1.95 bits per heavy atom. The third-order valence-corrected chi connectivity index (χ3v) is 3.32. The lowest BCUT2D eigenvalue weighted by Gasteiger charge is -2.04. The van der Waals surface area contributed by atoms with Crippen molar-refractivity contribution in [3.05, 3.63) is 59.5 Å². The predicted molar refractivity (Wildman–Crippen MR) is 77.7 cm³/mol. The van der Waals surface area contributed by atoms with E-state index in [9.17, 15) is 0 Å². The zero-order chi connectivity index (χ0) is 13.9. The molecule has 4 nitrogen and oxygen atoms in total. The van der Waals surface area contributed by atoms with E-state index in [0.717, 1.165) is 28.0 Å². The van der Waals surface area contributed by atoms with E-state index in [1.165, 1.54) is 0 Å². The molecule has 0 aliphatic heterocycles. The molecule has 0 aliphatic carbocycles. The van der Waals surface area contributed by atoms with Gasteiger partial charge in [-0.05, 0) is 23.3 Å². The number of nitrogens with zero attached hydrogens (tertiary/aromatic N) is 1. The first kappa shape index (κ1) is 12.7. The van der Waals surface area contributed by atoms with E-state index < -0.39 is 0 Å². The van der Waals surface area contributed by atoms with Crippen molar-refractivity contribution in [3.8, 4) is 5.75 Å². The highest BCUT2D eigenvalue weighted by Gasteiger charge is 2.09. The smallest absolute Gasteiger partial charge is 0.199 e. The van der Waals surface area contributed by atoms with Crippen LogP contribution in [-0.2, 0) is 13.0 Å². The molecule has 0 saturated carbocycles. The maximum Gasteiger partial charge on any atom is 0.199 e. The van der Waals surface area contributed by atoms with Gasteiger partial charge in [-0.2, -0.15) is 0 Å². The summed E-state index contributed by atoms with van der Waals surface area (Å²) in [4.78, 5) is 4.50. The van der Waals surface area contributed by atoms with E-state index >= 15 is 0 Å². The molecule has 3 aromatic rings. The summed E-state index contributed by atoms with van der Waals surface area (Å²) in [5.74, 6) is 1.46. The lowest BCUT2D eigenvalue weighted by molar-refractivity contribution is 0.414. The van der Waals surface area contributed by atoms with E-state index in [1.54, 1.807) is 7.11 Å². The third kappa shape index (κ3) is 2.38.